The summed E-state index contributed by atoms with van der Waals surface area (Å²) in [6.45, 7) is 5.04. The van der Waals surface area contributed by atoms with Crippen LogP contribution in [0.25, 0.3) is 0 Å². The van der Waals surface area contributed by atoms with E-state index in [9.17, 15) is 8.42 Å². The van der Waals surface area contributed by atoms with Crippen molar-refractivity contribution in [1.29, 1.82) is 0 Å². The number of aryl methyl sites for hydroxylation is 1. The van der Waals surface area contributed by atoms with Gasteiger partial charge in [0.25, 0.3) is 0 Å². The van der Waals surface area contributed by atoms with E-state index in [2.05, 4.69) is 37.2 Å². The van der Waals surface area contributed by atoms with Crippen molar-refractivity contribution in [2.45, 2.75) is 11.8 Å². The molecule has 0 aromatic heterocycles. The summed E-state index contributed by atoms with van der Waals surface area (Å²) in [5, 5.41) is 3.33. The summed E-state index contributed by atoms with van der Waals surface area (Å²) < 4.78 is 28.7. The Kier molecular flexibility index (Phi) is 4.01. The topological polar surface area (TPSA) is 49.4 Å². The second-order valence-corrected chi connectivity index (χ2v) is 9.15. The van der Waals surface area contributed by atoms with Crippen LogP contribution in [0.5, 0.6) is 0 Å². The molecule has 1 aromatic rings. The van der Waals surface area contributed by atoms with Crippen LogP contribution in [0.4, 0.5) is 0 Å². The molecule has 0 amide bonds. The largest absolute Gasteiger partial charge is 0.316 e. The summed E-state index contributed by atoms with van der Waals surface area (Å²) in [4.78, 5) is 0.350. The first kappa shape index (κ1) is 15.0. The van der Waals surface area contributed by atoms with E-state index >= 15 is 0 Å². The van der Waals surface area contributed by atoms with Crippen molar-refractivity contribution in [2.75, 3.05) is 26.2 Å². The summed E-state index contributed by atoms with van der Waals surface area (Å²) in [7, 11) is -3.42. The Morgan fingerprint density at radius 3 is 2.35 bits per heavy atom. The quantitative estimate of drug-likeness (QED) is 0.794. The summed E-state index contributed by atoms with van der Waals surface area (Å²) >= 11 is 6.80. The van der Waals surface area contributed by atoms with E-state index in [0.717, 1.165) is 23.1 Å². The van der Waals surface area contributed by atoms with Crippen LogP contribution in [0, 0.1) is 18.8 Å². The molecule has 1 N–H and O–H groups in total. The third kappa shape index (κ3) is 2.47. The van der Waals surface area contributed by atoms with Crippen molar-refractivity contribution in [2.24, 2.45) is 11.8 Å². The van der Waals surface area contributed by atoms with Gasteiger partial charge in [0.15, 0.2) is 0 Å². The molecule has 0 aliphatic carbocycles. The molecule has 0 radical (unpaired) electrons. The van der Waals surface area contributed by atoms with Gasteiger partial charge in [-0.2, -0.15) is 4.31 Å². The van der Waals surface area contributed by atoms with Crippen LogP contribution in [0.15, 0.2) is 26.0 Å². The zero-order chi connectivity index (χ0) is 14.5. The molecule has 2 heterocycles. The number of halogens is 2. The Balaban J connectivity index is 1.95. The van der Waals surface area contributed by atoms with Gasteiger partial charge in [-0.15, -0.1) is 0 Å². The molecule has 2 fully saturated rings. The third-order valence-electron chi connectivity index (χ3n) is 4.19. The van der Waals surface area contributed by atoms with E-state index in [-0.39, 0.29) is 0 Å². The second kappa shape index (κ2) is 5.35. The summed E-state index contributed by atoms with van der Waals surface area (Å²) in [5.74, 6) is 0.912. The maximum Gasteiger partial charge on any atom is 0.244 e. The number of rotatable bonds is 2. The highest BCUT2D eigenvalue weighted by Gasteiger charge is 2.42. The first-order valence-electron chi connectivity index (χ1n) is 6.56. The highest BCUT2D eigenvalue weighted by atomic mass is 79.9. The number of nitrogens with zero attached hydrogens (tertiary/aromatic N) is 1. The molecule has 2 unspecified atom stereocenters. The number of fused-ring (bicyclic) bond motifs is 1. The monoisotopic (exact) mass is 422 g/mol. The lowest BCUT2D eigenvalue weighted by atomic mass is 10.0. The molecule has 4 nitrogen and oxygen atoms in total. The molecule has 2 saturated heterocycles. The second-order valence-electron chi connectivity index (χ2n) is 5.53. The number of hydrogen-bond donors (Lipinski definition) is 1. The van der Waals surface area contributed by atoms with E-state index in [1.54, 1.807) is 10.4 Å². The zero-order valence-electron chi connectivity index (χ0n) is 11.1. The molecular weight excluding hydrogens is 408 g/mol. The molecule has 110 valence electrons. The van der Waals surface area contributed by atoms with E-state index in [4.69, 9.17) is 0 Å². The van der Waals surface area contributed by atoms with Gasteiger partial charge in [-0.25, -0.2) is 8.42 Å². The Labute approximate surface area is 136 Å². The first-order valence-corrected chi connectivity index (χ1v) is 9.58. The van der Waals surface area contributed by atoms with Gasteiger partial charge < -0.3 is 5.32 Å². The van der Waals surface area contributed by atoms with Crippen LogP contribution >= 0.6 is 31.9 Å². The fraction of sp³-hybridized carbons (Fsp3) is 0.538. The predicted molar refractivity (Wildman–Crippen MR) is 85.2 cm³/mol. The van der Waals surface area contributed by atoms with Gasteiger partial charge in [0.2, 0.25) is 10.0 Å². The van der Waals surface area contributed by atoms with Gasteiger partial charge >= 0.3 is 0 Å². The minimum absolute atomic E-state index is 0.350. The Morgan fingerprint density at radius 1 is 1.15 bits per heavy atom. The van der Waals surface area contributed by atoms with Crippen molar-refractivity contribution >= 4 is 41.9 Å². The van der Waals surface area contributed by atoms with E-state index < -0.39 is 10.0 Å². The van der Waals surface area contributed by atoms with Crippen molar-refractivity contribution in [3.05, 3.63) is 26.6 Å². The minimum Gasteiger partial charge on any atom is -0.316 e. The Bertz CT molecular complexity index is 636. The standard InChI is InChI=1S/C13H16Br2N2O2S/c1-8-2-12(15)13(3-11(8)14)20(18,19)17-6-9-4-16-5-10(9)7-17/h2-3,9-10,16H,4-7H2,1H3. The highest BCUT2D eigenvalue weighted by Crippen LogP contribution is 2.35. The lowest BCUT2D eigenvalue weighted by Crippen LogP contribution is -2.32. The van der Waals surface area contributed by atoms with Gasteiger partial charge in [0.05, 0.1) is 4.90 Å². The van der Waals surface area contributed by atoms with Crippen LogP contribution in [0.2, 0.25) is 0 Å². The summed E-state index contributed by atoms with van der Waals surface area (Å²) in [5.41, 5.74) is 1.01. The Morgan fingerprint density at radius 2 is 1.75 bits per heavy atom. The van der Waals surface area contributed by atoms with Gasteiger partial charge in [0.1, 0.15) is 0 Å². The van der Waals surface area contributed by atoms with Gasteiger partial charge in [-0.05, 0) is 65.5 Å². The Hall–Kier alpha value is 0.0500. The van der Waals surface area contributed by atoms with Crippen molar-refractivity contribution < 1.29 is 8.42 Å². The van der Waals surface area contributed by atoms with Crippen LogP contribution in [0.1, 0.15) is 5.56 Å². The number of sulfonamides is 1. The molecular formula is C13H16Br2N2O2S. The molecule has 3 rings (SSSR count). The molecule has 0 saturated carbocycles. The van der Waals surface area contributed by atoms with Crippen molar-refractivity contribution in [1.82, 2.24) is 9.62 Å². The molecule has 1 aromatic carbocycles. The van der Waals surface area contributed by atoms with E-state index in [1.807, 2.05) is 13.0 Å². The lowest BCUT2D eigenvalue weighted by molar-refractivity contribution is 0.447. The van der Waals surface area contributed by atoms with Crippen LogP contribution in [-0.2, 0) is 10.0 Å². The number of hydrogen-bond acceptors (Lipinski definition) is 3. The summed E-state index contributed by atoms with van der Waals surface area (Å²) in [6.07, 6.45) is 0. The fourth-order valence-electron chi connectivity index (χ4n) is 2.97. The summed E-state index contributed by atoms with van der Waals surface area (Å²) in [6, 6.07) is 3.54. The molecule has 20 heavy (non-hydrogen) atoms. The molecule has 0 bridgehead atoms. The average molecular weight is 424 g/mol. The number of benzene rings is 1. The van der Waals surface area contributed by atoms with Crippen LogP contribution < -0.4 is 5.32 Å². The van der Waals surface area contributed by atoms with Crippen molar-refractivity contribution in [3.63, 3.8) is 0 Å². The van der Waals surface area contributed by atoms with Gasteiger partial charge in [0, 0.05) is 22.0 Å². The fourth-order valence-corrected chi connectivity index (χ4v) is 6.17. The van der Waals surface area contributed by atoms with Gasteiger partial charge in [-0.3, -0.25) is 0 Å². The number of nitrogens with one attached hydrogen (secondary N) is 1. The van der Waals surface area contributed by atoms with Crippen LogP contribution in [-0.4, -0.2) is 38.9 Å². The molecule has 2 aliphatic heterocycles. The first-order chi connectivity index (χ1) is 9.39. The SMILES string of the molecule is Cc1cc(Br)c(S(=O)(=O)N2CC3CNCC3C2)cc1Br. The van der Waals surface area contributed by atoms with Crippen LogP contribution in [0.3, 0.4) is 0 Å². The minimum atomic E-state index is -3.42. The average Bonchev–Trinajstić information content (AvgIpc) is 2.94. The normalized spacial score (nSPS) is 26.9. The molecule has 2 aliphatic rings. The highest BCUT2D eigenvalue weighted by molar-refractivity contribution is 9.11. The molecule has 2 atom stereocenters. The smallest absolute Gasteiger partial charge is 0.244 e. The molecule has 0 spiro atoms. The van der Waals surface area contributed by atoms with E-state index in [1.165, 1.54) is 0 Å². The van der Waals surface area contributed by atoms with Gasteiger partial charge in [-0.1, -0.05) is 15.9 Å². The predicted octanol–water partition coefficient (Wildman–Crippen LogP) is 2.36. The zero-order valence-corrected chi connectivity index (χ0v) is 15.1. The van der Waals surface area contributed by atoms with E-state index in [0.29, 0.717) is 34.3 Å². The molecule has 7 heteroatoms. The van der Waals surface area contributed by atoms with Crippen molar-refractivity contribution in [3.8, 4) is 0 Å². The lowest BCUT2D eigenvalue weighted by Gasteiger charge is -2.19. The maximum absolute atomic E-state index is 12.8. The third-order valence-corrected chi connectivity index (χ3v) is 7.83. The maximum atomic E-state index is 12.8.